The number of halogens is 3. The van der Waals surface area contributed by atoms with Gasteiger partial charge in [-0.25, -0.2) is 4.79 Å². The van der Waals surface area contributed by atoms with Crippen molar-refractivity contribution < 1.29 is 27.5 Å². The monoisotopic (exact) mass is 443 g/mol. The van der Waals surface area contributed by atoms with Crippen molar-refractivity contribution in [1.82, 2.24) is 5.32 Å². The van der Waals surface area contributed by atoms with Crippen LogP contribution in [0.1, 0.15) is 94.5 Å². The summed E-state index contributed by atoms with van der Waals surface area (Å²) in [7, 11) is 0. The first-order valence-electron chi connectivity index (χ1n) is 11.3. The Morgan fingerprint density at radius 3 is 2.10 bits per heavy atom. The lowest BCUT2D eigenvalue weighted by atomic mass is 10.0. The van der Waals surface area contributed by atoms with Crippen LogP contribution in [0.15, 0.2) is 24.3 Å². The number of unbranched alkanes of at least 4 members (excludes halogenated alkanes) is 8. The number of rotatable bonds is 14. The van der Waals surface area contributed by atoms with Gasteiger partial charge in [0.05, 0.1) is 12.2 Å². The van der Waals surface area contributed by atoms with Crippen molar-refractivity contribution in [1.29, 1.82) is 0 Å². The number of alkyl halides is 3. The van der Waals surface area contributed by atoms with Gasteiger partial charge in [0.2, 0.25) is 0 Å². The third-order valence-electron chi connectivity index (χ3n) is 5.15. The van der Waals surface area contributed by atoms with Gasteiger partial charge in [-0.05, 0) is 30.5 Å². The van der Waals surface area contributed by atoms with Gasteiger partial charge in [0.15, 0.2) is 0 Å². The van der Waals surface area contributed by atoms with E-state index in [1.54, 1.807) is 13.8 Å². The summed E-state index contributed by atoms with van der Waals surface area (Å²) < 4.78 is 43.9. The fourth-order valence-electron chi connectivity index (χ4n) is 3.23. The summed E-state index contributed by atoms with van der Waals surface area (Å²) in [5, 5.41) is 2.52. The molecule has 1 rings (SSSR count). The molecule has 0 heterocycles. The highest BCUT2D eigenvalue weighted by atomic mass is 19.4. The van der Waals surface area contributed by atoms with Crippen LogP contribution in [0.25, 0.3) is 0 Å². The Kier molecular flexibility index (Phi) is 12.3. The number of hydrogen-bond donors (Lipinski definition) is 1. The summed E-state index contributed by atoms with van der Waals surface area (Å²) in [6, 6.07) is 3.22. The van der Waals surface area contributed by atoms with Crippen LogP contribution in [0.5, 0.6) is 0 Å². The van der Waals surface area contributed by atoms with Crippen molar-refractivity contribution in [3.8, 4) is 0 Å². The highest BCUT2D eigenvalue weighted by Gasteiger charge is 2.31. The van der Waals surface area contributed by atoms with Crippen molar-refractivity contribution in [3.63, 3.8) is 0 Å². The molecule has 0 aliphatic carbocycles. The topological polar surface area (TPSA) is 55.4 Å². The van der Waals surface area contributed by atoms with E-state index in [-0.39, 0.29) is 18.1 Å². The van der Waals surface area contributed by atoms with E-state index in [0.717, 1.165) is 31.4 Å². The normalized spacial score (nSPS) is 12.6. The van der Waals surface area contributed by atoms with Gasteiger partial charge in [-0.15, -0.1) is 0 Å². The lowest BCUT2D eigenvalue weighted by Gasteiger charge is -2.21. The zero-order valence-electron chi connectivity index (χ0n) is 18.9. The molecule has 0 spiro atoms. The largest absolute Gasteiger partial charge is 0.464 e. The fraction of sp³-hybridized carbons (Fsp3) is 0.667. The summed E-state index contributed by atoms with van der Waals surface area (Å²) in [6.45, 7) is 5.97. The molecule has 0 aliphatic rings. The van der Waals surface area contributed by atoms with Gasteiger partial charge in [-0.3, -0.25) is 4.79 Å². The lowest BCUT2D eigenvalue weighted by molar-refractivity contribution is -0.147. The zero-order valence-corrected chi connectivity index (χ0v) is 18.9. The van der Waals surface area contributed by atoms with Crippen LogP contribution < -0.4 is 5.32 Å². The smallest absolute Gasteiger partial charge is 0.416 e. The zero-order chi connectivity index (χ0) is 23.3. The average molecular weight is 444 g/mol. The molecule has 1 aromatic rings. The molecule has 0 radical (unpaired) electrons. The first-order valence-corrected chi connectivity index (χ1v) is 11.3. The number of esters is 1. The van der Waals surface area contributed by atoms with Gasteiger partial charge >= 0.3 is 12.1 Å². The number of carbonyl (C=O) groups excluding carboxylic acids is 2. The van der Waals surface area contributed by atoms with Crippen LogP contribution in [0.2, 0.25) is 0 Å². The summed E-state index contributed by atoms with van der Waals surface area (Å²) in [5.74, 6) is -1.55. The highest BCUT2D eigenvalue weighted by molar-refractivity contribution is 5.97. The first-order chi connectivity index (χ1) is 14.7. The molecule has 1 amide bonds. The Bertz CT molecular complexity index is 674. The molecule has 31 heavy (non-hydrogen) atoms. The molecule has 1 unspecified atom stereocenters. The molecule has 1 aromatic carbocycles. The third-order valence-corrected chi connectivity index (χ3v) is 5.15. The van der Waals surface area contributed by atoms with Gasteiger partial charge in [0.1, 0.15) is 6.04 Å². The maximum absolute atomic E-state index is 12.9. The molecule has 0 saturated carbocycles. The summed E-state index contributed by atoms with van der Waals surface area (Å²) in [4.78, 5) is 24.8. The van der Waals surface area contributed by atoms with Crippen molar-refractivity contribution >= 4 is 11.9 Å². The second kappa shape index (κ2) is 14.1. The van der Waals surface area contributed by atoms with Crippen molar-refractivity contribution in [2.45, 2.75) is 90.8 Å². The van der Waals surface area contributed by atoms with Gasteiger partial charge in [0.25, 0.3) is 5.91 Å². The van der Waals surface area contributed by atoms with Gasteiger partial charge in [0, 0.05) is 5.56 Å². The molecule has 4 nitrogen and oxygen atoms in total. The maximum atomic E-state index is 12.9. The number of nitrogens with one attached hydrogen (secondary N) is 1. The third kappa shape index (κ3) is 10.7. The van der Waals surface area contributed by atoms with E-state index in [1.165, 1.54) is 50.7 Å². The van der Waals surface area contributed by atoms with Gasteiger partial charge in [-0.1, -0.05) is 78.2 Å². The molecule has 0 aromatic heterocycles. The molecular weight excluding hydrogens is 407 g/mol. The van der Waals surface area contributed by atoms with E-state index < -0.39 is 29.7 Å². The van der Waals surface area contributed by atoms with Crippen molar-refractivity contribution in [2.75, 3.05) is 6.61 Å². The van der Waals surface area contributed by atoms with Crippen LogP contribution in [-0.4, -0.2) is 24.5 Å². The fourth-order valence-corrected chi connectivity index (χ4v) is 3.23. The van der Waals surface area contributed by atoms with E-state index in [0.29, 0.717) is 0 Å². The standard InChI is InChI=1S/C24H36F3NO3/c1-4-5-6-7-8-9-10-11-12-16-31-23(30)21(18(2)3)28-22(29)19-14-13-15-20(17-19)24(25,26)27/h13-15,17-18,21H,4-12,16H2,1-3H3,(H,28,29). The molecule has 0 fully saturated rings. The average Bonchev–Trinajstić information content (AvgIpc) is 2.72. The molecular formula is C24H36F3NO3. The number of hydrogen-bond acceptors (Lipinski definition) is 3. The number of carbonyl (C=O) groups is 2. The summed E-state index contributed by atoms with van der Waals surface area (Å²) in [5.41, 5.74) is -1.05. The van der Waals surface area contributed by atoms with E-state index in [9.17, 15) is 22.8 Å². The SMILES string of the molecule is CCCCCCCCCCCOC(=O)C(NC(=O)c1cccc(C(F)(F)F)c1)C(C)C. The van der Waals surface area contributed by atoms with Crippen LogP contribution >= 0.6 is 0 Å². The maximum Gasteiger partial charge on any atom is 0.416 e. The first kappa shape index (κ1) is 27.0. The van der Waals surface area contributed by atoms with E-state index in [2.05, 4.69) is 12.2 Å². The minimum Gasteiger partial charge on any atom is -0.464 e. The van der Waals surface area contributed by atoms with Crippen molar-refractivity contribution in [2.24, 2.45) is 5.92 Å². The lowest BCUT2D eigenvalue weighted by Crippen LogP contribution is -2.45. The molecule has 0 bridgehead atoms. The van der Waals surface area contributed by atoms with Crippen LogP contribution in [0.4, 0.5) is 13.2 Å². The van der Waals surface area contributed by atoms with Gasteiger partial charge in [-0.2, -0.15) is 13.2 Å². The Morgan fingerprint density at radius 2 is 1.55 bits per heavy atom. The molecule has 0 aliphatic heterocycles. The molecule has 1 atom stereocenters. The second-order valence-corrected chi connectivity index (χ2v) is 8.27. The highest BCUT2D eigenvalue weighted by Crippen LogP contribution is 2.29. The number of benzene rings is 1. The van der Waals surface area contributed by atoms with Crippen LogP contribution in [-0.2, 0) is 15.7 Å². The molecule has 0 saturated heterocycles. The van der Waals surface area contributed by atoms with Crippen LogP contribution in [0, 0.1) is 5.92 Å². The second-order valence-electron chi connectivity index (χ2n) is 8.27. The number of amides is 1. The Balaban J connectivity index is 2.43. The minimum absolute atomic E-state index is 0.146. The molecule has 7 heteroatoms. The Morgan fingerprint density at radius 1 is 0.968 bits per heavy atom. The van der Waals surface area contributed by atoms with Gasteiger partial charge < -0.3 is 10.1 Å². The quantitative estimate of drug-likeness (QED) is 0.263. The van der Waals surface area contributed by atoms with E-state index >= 15 is 0 Å². The summed E-state index contributed by atoms with van der Waals surface area (Å²) in [6.07, 6.45) is 5.79. The number of ether oxygens (including phenoxy) is 1. The minimum atomic E-state index is -4.54. The van der Waals surface area contributed by atoms with E-state index in [1.807, 2.05) is 0 Å². The molecule has 1 N–H and O–H groups in total. The van der Waals surface area contributed by atoms with Crippen molar-refractivity contribution in [3.05, 3.63) is 35.4 Å². The van der Waals surface area contributed by atoms with Crippen LogP contribution in [0.3, 0.4) is 0 Å². The predicted molar refractivity (Wildman–Crippen MR) is 116 cm³/mol. The summed E-state index contributed by atoms with van der Waals surface area (Å²) >= 11 is 0. The Hall–Kier alpha value is -2.05. The molecule has 176 valence electrons. The van der Waals surface area contributed by atoms with E-state index in [4.69, 9.17) is 4.74 Å². The Labute approximate surface area is 183 Å². The predicted octanol–water partition coefficient (Wildman–Crippen LogP) is 6.53.